The molecule has 3 unspecified atom stereocenters. The topological polar surface area (TPSA) is 29.3 Å². The molecule has 1 rings (SSSR count). The molecule has 1 aliphatic rings. The first-order valence-electron chi connectivity index (χ1n) is 5.98. The van der Waals surface area contributed by atoms with Crippen molar-refractivity contribution < 1.29 is 0 Å². The second-order valence-corrected chi connectivity index (χ2v) is 5.47. The summed E-state index contributed by atoms with van der Waals surface area (Å²) in [6.45, 7) is 12.5. The van der Waals surface area contributed by atoms with E-state index in [9.17, 15) is 0 Å². The van der Waals surface area contributed by atoms with Gasteiger partial charge in [0.1, 0.15) is 0 Å². The van der Waals surface area contributed by atoms with Gasteiger partial charge in [0.25, 0.3) is 0 Å². The van der Waals surface area contributed by atoms with Crippen molar-refractivity contribution in [3.8, 4) is 0 Å². The lowest BCUT2D eigenvalue weighted by molar-refractivity contribution is 0.0634. The predicted molar refractivity (Wildman–Crippen MR) is 62.2 cm³/mol. The number of hydrogen-bond acceptors (Lipinski definition) is 2. The summed E-state index contributed by atoms with van der Waals surface area (Å²) in [6, 6.07) is 0.619. The van der Waals surface area contributed by atoms with E-state index in [4.69, 9.17) is 5.73 Å². The molecule has 2 heteroatoms. The minimum absolute atomic E-state index is 0.619. The Morgan fingerprint density at radius 1 is 1.36 bits per heavy atom. The molecule has 0 aromatic rings. The van der Waals surface area contributed by atoms with E-state index < -0.39 is 0 Å². The molecule has 1 saturated heterocycles. The maximum Gasteiger partial charge on any atom is 0.0244 e. The molecule has 0 saturated carbocycles. The zero-order chi connectivity index (χ0) is 10.7. The maximum absolute atomic E-state index is 5.86. The van der Waals surface area contributed by atoms with Crippen LogP contribution in [0.25, 0.3) is 0 Å². The number of nitrogens with zero attached hydrogens (tertiary/aromatic N) is 1. The second kappa shape index (κ2) is 5.13. The summed E-state index contributed by atoms with van der Waals surface area (Å²) in [5.74, 6) is 2.36. The summed E-state index contributed by atoms with van der Waals surface area (Å²) in [6.07, 6.45) is 1.34. The molecule has 2 nitrogen and oxygen atoms in total. The number of piperidine rings is 1. The lowest BCUT2D eigenvalue weighted by Gasteiger charge is -2.43. The molecule has 0 aromatic heterocycles. The minimum Gasteiger partial charge on any atom is -0.329 e. The SMILES string of the molecule is CC(C)CN1CC(C)CC(C)C1CN. The number of hydrogen-bond donors (Lipinski definition) is 1. The fraction of sp³-hybridized carbons (Fsp3) is 1.00. The standard InChI is InChI=1S/C12H26N2/c1-9(2)7-14-8-10(3)5-11(4)12(14)6-13/h9-12H,5-8,13H2,1-4H3. The van der Waals surface area contributed by atoms with E-state index in [0.717, 1.165) is 24.3 Å². The molecule has 0 spiro atoms. The van der Waals surface area contributed by atoms with Gasteiger partial charge in [-0.25, -0.2) is 0 Å². The van der Waals surface area contributed by atoms with Gasteiger partial charge in [0.15, 0.2) is 0 Å². The average Bonchev–Trinajstić information content (AvgIpc) is 2.01. The average molecular weight is 198 g/mol. The summed E-state index contributed by atoms with van der Waals surface area (Å²) in [7, 11) is 0. The fourth-order valence-corrected chi connectivity index (χ4v) is 2.82. The minimum atomic E-state index is 0.619. The smallest absolute Gasteiger partial charge is 0.0244 e. The van der Waals surface area contributed by atoms with Gasteiger partial charge in [-0.1, -0.05) is 27.7 Å². The molecule has 0 amide bonds. The third kappa shape index (κ3) is 2.96. The van der Waals surface area contributed by atoms with Crippen LogP contribution in [-0.2, 0) is 0 Å². The highest BCUT2D eigenvalue weighted by molar-refractivity contribution is 4.85. The van der Waals surface area contributed by atoms with Gasteiger partial charge in [-0.05, 0) is 24.2 Å². The van der Waals surface area contributed by atoms with Crippen LogP contribution in [0.4, 0.5) is 0 Å². The summed E-state index contributed by atoms with van der Waals surface area (Å²) < 4.78 is 0. The third-order valence-corrected chi connectivity index (χ3v) is 3.29. The zero-order valence-corrected chi connectivity index (χ0v) is 10.2. The molecule has 1 heterocycles. The lowest BCUT2D eigenvalue weighted by Crippen LogP contribution is -2.52. The Labute approximate surface area is 88.8 Å². The molecule has 0 bridgehead atoms. The quantitative estimate of drug-likeness (QED) is 0.751. The predicted octanol–water partition coefficient (Wildman–Crippen LogP) is 1.95. The Bertz CT molecular complexity index is 166. The van der Waals surface area contributed by atoms with E-state index in [1.807, 2.05) is 0 Å². The third-order valence-electron chi connectivity index (χ3n) is 3.29. The van der Waals surface area contributed by atoms with Crippen molar-refractivity contribution in [2.45, 2.75) is 40.2 Å². The molecule has 0 aromatic carbocycles. The second-order valence-electron chi connectivity index (χ2n) is 5.47. The Morgan fingerprint density at radius 3 is 2.50 bits per heavy atom. The van der Waals surface area contributed by atoms with E-state index in [0.29, 0.717) is 6.04 Å². The van der Waals surface area contributed by atoms with Gasteiger partial charge >= 0.3 is 0 Å². The lowest BCUT2D eigenvalue weighted by atomic mass is 9.84. The monoisotopic (exact) mass is 198 g/mol. The van der Waals surface area contributed by atoms with Gasteiger partial charge in [0.05, 0.1) is 0 Å². The van der Waals surface area contributed by atoms with Crippen LogP contribution in [0.15, 0.2) is 0 Å². The summed E-state index contributed by atoms with van der Waals surface area (Å²) in [4.78, 5) is 2.60. The van der Waals surface area contributed by atoms with Crippen LogP contribution in [0.5, 0.6) is 0 Å². The van der Waals surface area contributed by atoms with Crippen LogP contribution >= 0.6 is 0 Å². The van der Waals surface area contributed by atoms with Crippen LogP contribution in [0, 0.1) is 17.8 Å². The van der Waals surface area contributed by atoms with Gasteiger partial charge in [-0.2, -0.15) is 0 Å². The Balaban J connectivity index is 2.58. The van der Waals surface area contributed by atoms with Crippen LogP contribution in [0.3, 0.4) is 0 Å². The van der Waals surface area contributed by atoms with E-state index >= 15 is 0 Å². The molecule has 3 atom stereocenters. The number of nitrogens with two attached hydrogens (primary N) is 1. The number of rotatable bonds is 3. The van der Waals surface area contributed by atoms with Gasteiger partial charge in [0, 0.05) is 25.7 Å². The molecule has 0 radical (unpaired) electrons. The number of likely N-dealkylation sites (tertiary alicyclic amines) is 1. The van der Waals surface area contributed by atoms with E-state index in [1.165, 1.54) is 19.5 Å². The largest absolute Gasteiger partial charge is 0.329 e. The van der Waals surface area contributed by atoms with Crippen molar-refractivity contribution in [3.05, 3.63) is 0 Å². The van der Waals surface area contributed by atoms with Crippen molar-refractivity contribution in [2.75, 3.05) is 19.6 Å². The van der Waals surface area contributed by atoms with Crippen LogP contribution in [0.2, 0.25) is 0 Å². The molecule has 2 N–H and O–H groups in total. The highest BCUT2D eigenvalue weighted by atomic mass is 15.2. The van der Waals surface area contributed by atoms with Crippen LogP contribution < -0.4 is 5.73 Å². The van der Waals surface area contributed by atoms with E-state index in [-0.39, 0.29) is 0 Å². The zero-order valence-electron chi connectivity index (χ0n) is 10.2. The highest BCUT2D eigenvalue weighted by Gasteiger charge is 2.30. The first-order chi connectivity index (χ1) is 6.54. The van der Waals surface area contributed by atoms with Crippen molar-refractivity contribution in [1.29, 1.82) is 0 Å². The molecule has 84 valence electrons. The maximum atomic E-state index is 5.86. The Morgan fingerprint density at radius 2 is 2.00 bits per heavy atom. The fourth-order valence-electron chi connectivity index (χ4n) is 2.82. The first kappa shape index (κ1) is 12.0. The molecule has 0 aliphatic carbocycles. The Kier molecular flexibility index (Phi) is 4.39. The highest BCUT2D eigenvalue weighted by Crippen LogP contribution is 2.27. The van der Waals surface area contributed by atoms with Crippen LogP contribution in [0.1, 0.15) is 34.1 Å². The molecular formula is C12H26N2. The summed E-state index contributed by atoms with van der Waals surface area (Å²) in [5.41, 5.74) is 5.86. The normalized spacial score (nSPS) is 35.1. The molecule has 14 heavy (non-hydrogen) atoms. The Hall–Kier alpha value is -0.0800. The van der Waals surface area contributed by atoms with Crippen molar-refractivity contribution >= 4 is 0 Å². The molecular weight excluding hydrogens is 172 g/mol. The molecule has 1 fully saturated rings. The van der Waals surface area contributed by atoms with E-state index in [2.05, 4.69) is 32.6 Å². The first-order valence-corrected chi connectivity index (χ1v) is 5.98. The van der Waals surface area contributed by atoms with Gasteiger partial charge in [0.2, 0.25) is 0 Å². The molecule has 1 aliphatic heterocycles. The summed E-state index contributed by atoms with van der Waals surface area (Å²) >= 11 is 0. The van der Waals surface area contributed by atoms with Gasteiger partial charge < -0.3 is 5.73 Å². The van der Waals surface area contributed by atoms with Crippen molar-refractivity contribution in [1.82, 2.24) is 4.90 Å². The van der Waals surface area contributed by atoms with Crippen molar-refractivity contribution in [3.63, 3.8) is 0 Å². The van der Waals surface area contributed by atoms with Crippen LogP contribution in [-0.4, -0.2) is 30.6 Å². The van der Waals surface area contributed by atoms with Gasteiger partial charge in [-0.3, -0.25) is 4.90 Å². The van der Waals surface area contributed by atoms with Gasteiger partial charge in [-0.15, -0.1) is 0 Å². The van der Waals surface area contributed by atoms with Crippen molar-refractivity contribution in [2.24, 2.45) is 23.5 Å². The summed E-state index contributed by atoms with van der Waals surface area (Å²) in [5, 5.41) is 0. The van der Waals surface area contributed by atoms with E-state index in [1.54, 1.807) is 0 Å².